The molecule has 1 heterocycles. The number of nitrogens with zero attached hydrogens (tertiary/aromatic N) is 1. The van der Waals surface area contributed by atoms with Gasteiger partial charge in [0.1, 0.15) is 0 Å². The van der Waals surface area contributed by atoms with Crippen LogP contribution in [0.4, 0.5) is 0 Å². The Labute approximate surface area is 131 Å². The van der Waals surface area contributed by atoms with E-state index < -0.39 is 0 Å². The van der Waals surface area contributed by atoms with Crippen LogP contribution in [-0.4, -0.2) is 36.6 Å². The molecule has 1 atom stereocenters. The quantitative estimate of drug-likeness (QED) is 0.749. The molecule has 1 saturated heterocycles. The van der Waals surface area contributed by atoms with E-state index >= 15 is 0 Å². The molecule has 2 rings (SSSR count). The molecule has 3 nitrogen and oxygen atoms in total. The molecule has 0 N–H and O–H groups in total. The van der Waals surface area contributed by atoms with Crippen molar-refractivity contribution in [2.75, 3.05) is 19.7 Å². The fourth-order valence-electron chi connectivity index (χ4n) is 2.47. The summed E-state index contributed by atoms with van der Waals surface area (Å²) in [4.78, 5) is 14.2. The summed E-state index contributed by atoms with van der Waals surface area (Å²) in [5.41, 5.74) is 0.862. The first kappa shape index (κ1) is 16.1. The van der Waals surface area contributed by atoms with Crippen LogP contribution in [0.5, 0.6) is 0 Å². The number of hydrogen-bond acceptors (Lipinski definition) is 2. The predicted molar refractivity (Wildman–Crippen MR) is 86.3 cm³/mol. The summed E-state index contributed by atoms with van der Waals surface area (Å²) in [7, 11) is 0. The zero-order chi connectivity index (χ0) is 15.1. The van der Waals surface area contributed by atoms with E-state index in [0.717, 1.165) is 38.0 Å². The molecule has 21 heavy (non-hydrogen) atoms. The molecule has 1 aromatic carbocycles. The summed E-state index contributed by atoms with van der Waals surface area (Å²) in [6.45, 7) is 4.33. The molecule has 1 unspecified atom stereocenters. The van der Waals surface area contributed by atoms with Crippen molar-refractivity contribution in [2.45, 2.75) is 32.3 Å². The minimum atomic E-state index is 0.0206. The first-order valence-electron chi connectivity index (χ1n) is 7.54. The Morgan fingerprint density at radius 1 is 1.48 bits per heavy atom. The highest BCUT2D eigenvalue weighted by Crippen LogP contribution is 2.17. The molecule has 0 aromatic heterocycles. The van der Waals surface area contributed by atoms with Crippen molar-refractivity contribution in [1.29, 1.82) is 0 Å². The molecule has 1 aliphatic rings. The maximum atomic E-state index is 12.3. The number of ether oxygens (including phenoxy) is 1. The minimum absolute atomic E-state index is 0.0206. The summed E-state index contributed by atoms with van der Waals surface area (Å²) >= 11 is 6.09. The van der Waals surface area contributed by atoms with Crippen LogP contribution in [0.1, 0.15) is 31.7 Å². The number of amides is 1. The Morgan fingerprint density at radius 2 is 2.29 bits per heavy atom. The lowest BCUT2D eigenvalue weighted by Crippen LogP contribution is -2.36. The van der Waals surface area contributed by atoms with E-state index in [4.69, 9.17) is 16.3 Å². The highest BCUT2D eigenvalue weighted by Gasteiger charge is 2.20. The van der Waals surface area contributed by atoms with Crippen LogP contribution in [0.3, 0.4) is 0 Å². The highest BCUT2D eigenvalue weighted by atomic mass is 35.5. The second kappa shape index (κ2) is 8.20. The largest absolute Gasteiger partial charge is 0.376 e. The van der Waals surface area contributed by atoms with Gasteiger partial charge in [-0.25, -0.2) is 0 Å². The van der Waals surface area contributed by atoms with Crippen LogP contribution in [0.15, 0.2) is 30.3 Å². The van der Waals surface area contributed by atoms with Crippen LogP contribution in [0.25, 0.3) is 6.08 Å². The summed E-state index contributed by atoms with van der Waals surface area (Å²) in [6.07, 6.45) is 6.65. The SMILES string of the molecule is CCCN(CC1CCCO1)C(=O)C=Cc1ccccc1Cl. The topological polar surface area (TPSA) is 29.5 Å². The van der Waals surface area contributed by atoms with Gasteiger partial charge in [-0.2, -0.15) is 0 Å². The van der Waals surface area contributed by atoms with E-state index in [1.54, 1.807) is 12.2 Å². The molecular formula is C17H22ClNO2. The van der Waals surface area contributed by atoms with E-state index in [0.29, 0.717) is 11.6 Å². The molecule has 0 spiro atoms. The Bertz CT molecular complexity index is 495. The second-order valence-electron chi connectivity index (χ2n) is 5.27. The first-order chi connectivity index (χ1) is 10.2. The minimum Gasteiger partial charge on any atom is -0.376 e. The third kappa shape index (κ3) is 4.87. The molecule has 0 saturated carbocycles. The smallest absolute Gasteiger partial charge is 0.246 e. The lowest BCUT2D eigenvalue weighted by atomic mass is 10.2. The highest BCUT2D eigenvalue weighted by molar-refractivity contribution is 6.32. The van der Waals surface area contributed by atoms with Gasteiger partial charge in [0.2, 0.25) is 5.91 Å². The third-order valence-electron chi connectivity index (χ3n) is 3.56. The maximum Gasteiger partial charge on any atom is 0.246 e. The fourth-order valence-corrected chi connectivity index (χ4v) is 2.67. The van der Waals surface area contributed by atoms with Crippen LogP contribution >= 0.6 is 11.6 Å². The van der Waals surface area contributed by atoms with Gasteiger partial charge in [0.15, 0.2) is 0 Å². The van der Waals surface area contributed by atoms with Crippen LogP contribution in [0.2, 0.25) is 5.02 Å². The molecule has 0 bridgehead atoms. The Morgan fingerprint density at radius 3 is 2.95 bits per heavy atom. The van der Waals surface area contributed by atoms with Gasteiger partial charge >= 0.3 is 0 Å². The second-order valence-corrected chi connectivity index (χ2v) is 5.68. The van der Waals surface area contributed by atoms with Crippen molar-refractivity contribution in [3.8, 4) is 0 Å². The van der Waals surface area contributed by atoms with Crippen molar-refractivity contribution in [3.63, 3.8) is 0 Å². The molecular weight excluding hydrogens is 286 g/mol. The fraction of sp³-hybridized carbons (Fsp3) is 0.471. The lowest BCUT2D eigenvalue weighted by molar-refractivity contribution is -0.127. The average molecular weight is 308 g/mol. The number of halogens is 1. The van der Waals surface area contributed by atoms with E-state index in [9.17, 15) is 4.79 Å². The zero-order valence-electron chi connectivity index (χ0n) is 12.4. The van der Waals surface area contributed by atoms with Crippen molar-refractivity contribution in [3.05, 3.63) is 40.9 Å². The maximum absolute atomic E-state index is 12.3. The number of hydrogen-bond donors (Lipinski definition) is 0. The number of carbonyl (C=O) groups is 1. The molecule has 0 aliphatic carbocycles. The molecule has 0 radical (unpaired) electrons. The molecule has 114 valence electrons. The van der Waals surface area contributed by atoms with Crippen LogP contribution in [0, 0.1) is 0 Å². The van der Waals surface area contributed by atoms with Gasteiger partial charge in [-0.3, -0.25) is 4.79 Å². The van der Waals surface area contributed by atoms with Crippen molar-refractivity contribution in [1.82, 2.24) is 4.90 Å². The van der Waals surface area contributed by atoms with E-state index in [2.05, 4.69) is 6.92 Å². The molecule has 4 heteroatoms. The summed E-state index contributed by atoms with van der Waals surface area (Å²) in [5.74, 6) is 0.0206. The predicted octanol–water partition coefficient (Wildman–Crippen LogP) is 3.77. The van der Waals surface area contributed by atoms with Crippen LogP contribution in [-0.2, 0) is 9.53 Å². The Kier molecular flexibility index (Phi) is 6.27. The Hall–Kier alpha value is -1.32. The summed E-state index contributed by atoms with van der Waals surface area (Å²) < 4.78 is 5.62. The van der Waals surface area contributed by atoms with Crippen LogP contribution < -0.4 is 0 Å². The van der Waals surface area contributed by atoms with Gasteiger partial charge in [0.05, 0.1) is 6.10 Å². The first-order valence-corrected chi connectivity index (χ1v) is 7.91. The summed E-state index contributed by atoms with van der Waals surface area (Å²) in [6, 6.07) is 7.51. The molecule has 1 aliphatic heterocycles. The Balaban J connectivity index is 1.98. The third-order valence-corrected chi connectivity index (χ3v) is 3.91. The van der Waals surface area contributed by atoms with E-state index in [1.165, 1.54) is 0 Å². The molecule has 1 aromatic rings. The van der Waals surface area contributed by atoms with Crippen molar-refractivity contribution >= 4 is 23.6 Å². The molecule has 1 amide bonds. The number of benzene rings is 1. The van der Waals surface area contributed by atoms with Gasteiger partial charge in [0.25, 0.3) is 0 Å². The molecule has 1 fully saturated rings. The van der Waals surface area contributed by atoms with E-state index in [1.807, 2.05) is 29.2 Å². The standard InChI is InChI=1S/C17H22ClNO2/c1-2-11-19(13-15-7-5-12-21-15)17(20)10-9-14-6-3-4-8-16(14)18/h3-4,6,8-10,15H,2,5,7,11-13H2,1H3. The van der Waals surface area contributed by atoms with Gasteiger partial charge in [-0.05, 0) is 37.0 Å². The van der Waals surface area contributed by atoms with Gasteiger partial charge in [-0.1, -0.05) is 36.7 Å². The zero-order valence-corrected chi connectivity index (χ0v) is 13.2. The van der Waals surface area contributed by atoms with Crippen molar-refractivity contribution in [2.24, 2.45) is 0 Å². The van der Waals surface area contributed by atoms with Crippen molar-refractivity contribution < 1.29 is 9.53 Å². The monoisotopic (exact) mass is 307 g/mol. The average Bonchev–Trinajstić information content (AvgIpc) is 2.99. The summed E-state index contributed by atoms with van der Waals surface area (Å²) in [5, 5.41) is 0.655. The normalized spacial score (nSPS) is 18.3. The van der Waals surface area contributed by atoms with Gasteiger partial charge in [-0.15, -0.1) is 0 Å². The van der Waals surface area contributed by atoms with E-state index in [-0.39, 0.29) is 12.0 Å². The lowest BCUT2D eigenvalue weighted by Gasteiger charge is -2.23. The van der Waals surface area contributed by atoms with Gasteiger partial charge < -0.3 is 9.64 Å². The number of rotatable bonds is 6. The van der Waals surface area contributed by atoms with Gasteiger partial charge in [0, 0.05) is 30.8 Å². The number of carbonyl (C=O) groups excluding carboxylic acids is 1.